The predicted molar refractivity (Wildman–Crippen MR) is 294 cm³/mol. The Morgan fingerprint density at radius 2 is 0.904 bits per heavy atom. The molecule has 0 bridgehead atoms. The largest absolute Gasteiger partial charge is 0.479 e. The van der Waals surface area contributed by atoms with Gasteiger partial charge in [-0.1, -0.05) is 222 Å². The van der Waals surface area contributed by atoms with Crippen molar-refractivity contribution in [2.24, 2.45) is 0 Å². The van der Waals surface area contributed by atoms with Gasteiger partial charge in [-0.15, -0.1) is 0 Å². The Balaban J connectivity index is 2.76. The topological polar surface area (TPSA) is 175 Å². The zero-order valence-electron chi connectivity index (χ0n) is 45.9. The van der Waals surface area contributed by atoms with Crippen LogP contribution in [0.3, 0.4) is 0 Å². The van der Waals surface area contributed by atoms with E-state index in [1.54, 1.807) is 6.08 Å². The maximum atomic E-state index is 13.1. The number of rotatable bonds is 48. The fourth-order valence-corrected chi connectivity index (χ4v) is 8.38. The lowest BCUT2D eigenvalue weighted by molar-refractivity contribution is -0.301. The second-order valence-corrected chi connectivity index (χ2v) is 19.6. The quantitative estimate of drug-likeness (QED) is 0.0228. The first-order valence-corrected chi connectivity index (χ1v) is 28.9. The lowest BCUT2D eigenvalue weighted by Crippen LogP contribution is -2.61. The van der Waals surface area contributed by atoms with Crippen molar-refractivity contribution < 1.29 is 58.2 Å². The first kappa shape index (κ1) is 67.2. The summed E-state index contributed by atoms with van der Waals surface area (Å²) in [5.74, 6) is -3.29. The summed E-state index contributed by atoms with van der Waals surface area (Å²) in [5, 5.41) is 31.4. The molecule has 1 heterocycles. The average molecular weight is 1030 g/mol. The predicted octanol–water partition coefficient (Wildman–Crippen LogP) is 14.6. The number of allylic oxidation sites excluding steroid dienone is 11. The molecule has 1 fully saturated rings. The van der Waals surface area contributed by atoms with E-state index in [2.05, 4.69) is 75.5 Å². The van der Waals surface area contributed by atoms with Crippen LogP contribution in [0.5, 0.6) is 0 Å². The molecule has 6 unspecified atom stereocenters. The van der Waals surface area contributed by atoms with E-state index in [0.717, 1.165) is 83.5 Å². The van der Waals surface area contributed by atoms with Crippen LogP contribution in [-0.2, 0) is 42.9 Å². The van der Waals surface area contributed by atoms with Gasteiger partial charge < -0.3 is 39.0 Å². The molecule has 0 aromatic heterocycles. The molecule has 0 aliphatic carbocycles. The number of unbranched alkanes of at least 4 members (excludes halogenated alkanes) is 23. The minimum absolute atomic E-state index is 0.0150. The van der Waals surface area contributed by atoms with Gasteiger partial charge in [0.15, 0.2) is 24.6 Å². The van der Waals surface area contributed by atoms with Crippen LogP contribution in [0.4, 0.5) is 0 Å². The fourth-order valence-electron chi connectivity index (χ4n) is 8.38. The van der Waals surface area contributed by atoms with Crippen LogP contribution in [0.25, 0.3) is 0 Å². The Morgan fingerprint density at radius 1 is 0.479 bits per heavy atom. The maximum absolute atomic E-state index is 13.1. The van der Waals surface area contributed by atoms with Gasteiger partial charge in [0, 0.05) is 12.8 Å². The van der Waals surface area contributed by atoms with Crippen molar-refractivity contribution in [3.8, 4) is 0 Å². The second-order valence-electron chi connectivity index (χ2n) is 19.6. The van der Waals surface area contributed by atoms with Gasteiger partial charge >= 0.3 is 23.9 Å². The van der Waals surface area contributed by atoms with Crippen molar-refractivity contribution in [1.29, 1.82) is 0 Å². The highest BCUT2D eigenvalue weighted by Gasteiger charge is 2.50. The minimum Gasteiger partial charge on any atom is -0.479 e. The highest BCUT2D eigenvalue weighted by molar-refractivity contribution is 5.74. The molecule has 0 aromatic carbocycles. The maximum Gasteiger partial charge on any atom is 0.335 e. The molecule has 1 rings (SSSR count). The number of ether oxygens (including phenoxy) is 5. The summed E-state index contributed by atoms with van der Waals surface area (Å²) in [6, 6.07) is 0. The van der Waals surface area contributed by atoms with E-state index in [0.29, 0.717) is 19.3 Å². The Labute approximate surface area is 442 Å². The number of esters is 3. The number of carbonyl (C=O) groups is 4. The first-order chi connectivity index (χ1) is 35.6. The Morgan fingerprint density at radius 3 is 1.38 bits per heavy atom. The third kappa shape index (κ3) is 39.3. The molecule has 0 saturated carbocycles. The van der Waals surface area contributed by atoms with Crippen molar-refractivity contribution in [1.82, 2.24) is 0 Å². The molecule has 0 aromatic rings. The van der Waals surface area contributed by atoms with E-state index in [1.807, 2.05) is 12.2 Å². The van der Waals surface area contributed by atoms with Crippen LogP contribution in [0, 0.1) is 0 Å². The van der Waals surface area contributed by atoms with Crippen LogP contribution in [0.1, 0.15) is 239 Å². The molecule has 1 aliphatic heterocycles. The van der Waals surface area contributed by atoms with E-state index in [1.165, 1.54) is 96.3 Å². The average Bonchev–Trinajstić information content (AvgIpc) is 3.37. The van der Waals surface area contributed by atoms with Crippen molar-refractivity contribution in [3.05, 3.63) is 72.9 Å². The molecule has 1 saturated heterocycles. The van der Waals surface area contributed by atoms with Crippen LogP contribution < -0.4 is 0 Å². The molecule has 0 radical (unpaired) electrons. The van der Waals surface area contributed by atoms with Gasteiger partial charge in [0.25, 0.3) is 0 Å². The van der Waals surface area contributed by atoms with Crippen molar-refractivity contribution >= 4 is 23.9 Å². The molecule has 12 nitrogen and oxygen atoms in total. The summed E-state index contributed by atoms with van der Waals surface area (Å²) in [4.78, 5) is 51.0. The standard InChI is InChI=1S/C61H102O12/c1-4-7-10-13-16-19-22-25-27-30-32-35-38-41-44-47-53(62)69-50-52(71-54(63)48-45-42-39-36-34-31-28-26-23-20-17-14-11-8-5-2)51-70-61-59(57(66)56(65)58(73-61)60(67)68)72-55(64)49-46-43-40-37-33-29-24-21-18-15-12-9-6-3/h7,10,16,19,21,24-25,27,32,35,41,44,52,56-59,61,65-66H,4-6,8-9,11-15,17-18,20,22-23,26,28-31,33-34,36-40,42-43,45-51H2,1-3H3,(H,67,68)/b10-7-,19-16-,24-21-,27-25-,35-32-,44-41-. The van der Waals surface area contributed by atoms with Crippen LogP contribution >= 0.6 is 0 Å². The normalized spacial score (nSPS) is 18.8. The molecule has 1 aliphatic rings. The number of aliphatic carboxylic acids is 1. The summed E-state index contributed by atoms with van der Waals surface area (Å²) in [5.41, 5.74) is 0. The third-order valence-electron chi connectivity index (χ3n) is 12.8. The summed E-state index contributed by atoms with van der Waals surface area (Å²) in [6.45, 7) is 5.77. The highest BCUT2D eigenvalue weighted by Crippen LogP contribution is 2.26. The van der Waals surface area contributed by atoms with Crippen LogP contribution in [-0.4, -0.2) is 89.2 Å². The zero-order valence-corrected chi connectivity index (χ0v) is 45.9. The van der Waals surface area contributed by atoms with E-state index >= 15 is 0 Å². The van der Waals surface area contributed by atoms with Gasteiger partial charge in [-0.25, -0.2) is 4.79 Å². The number of hydrogen-bond donors (Lipinski definition) is 3. The Kier molecular flexibility index (Phi) is 45.1. The number of carbonyl (C=O) groups excluding carboxylic acids is 3. The zero-order chi connectivity index (χ0) is 53.3. The second kappa shape index (κ2) is 49.1. The molecular formula is C61H102O12. The van der Waals surface area contributed by atoms with Crippen molar-refractivity contribution in [2.75, 3.05) is 13.2 Å². The minimum atomic E-state index is -1.92. The lowest BCUT2D eigenvalue weighted by atomic mass is 9.98. The van der Waals surface area contributed by atoms with Gasteiger partial charge in [-0.3, -0.25) is 14.4 Å². The van der Waals surface area contributed by atoms with Gasteiger partial charge in [0.05, 0.1) is 13.0 Å². The number of hydrogen-bond acceptors (Lipinski definition) is 11. The summed E-state index contributed by atoms with van der Waals surface area (Å²) in [6.07, 6.45) is 49.0. The summed E-state index contributed by atoms with van der Waals surface area (Å²) >= 11 is 0. The number of aliphatic hydroxyl groups excluding tert-OH is 2. The van der Waals surface area contributed by atoms with Crippen molar-refractivity contribution in [3.63, 3.8) is 0 Å². The van der Waals surface area contributed by atoms with E-state index in [-0.39, 0.29) is 25.9 Å². The molecule has 73 heavy (non-hydrogen) atoms. The van der Waals surface area contributed by atoms with E-state index < -0.39 is 67.3 Å². The molecule has 0 spiro atoms. The molecule has 0 amide bonds. The Bertz CT molecular complexity index is 1550. The Hall–Kier alpha value is -3.84. The van der Waals surface area contributed by atoms with E-state index in [9.17, 15) is 34.5 Å². The number of aliphatic hydroxyl groups is 2. The lowest BCUT2D eigenvalue weighted by Gasteiger charge is -2.40. The monoisotopic (exact) mass is 1030 g/mol. The van der Waals surface area contributed by atoms with Gasteiger partial charge in [0.1, 0.15) is 18.8 Å². The van der Waals surface area contributed by atoms with Crippen LogP contribution in [0.15, 0.2) is 72.9 Å². The smallest absolute Gasteiger partial charge is 0.335 e. The first-order valence-electron chi connectivity index (χ1n) is 28.9. The van der Waals surface area contributed by atoms with Gasteiger partial charge in [0.2, 0.25) is 0 Å². The highest BCUT2D eigenvalue weighted by atomic mass is 16.7. The molecule has 6 atom stereocenters. The molecule has 12 heteroatoms. The van der Waals surface area contributed by atoms with Gasteiger partial charge in [-0.05, 0) is 70.6 Å². The summed E-state index contributed by atoms with van der Waals surface area (Å²) in [7, 11) is 0. The number of carboxylic acid groups (broad SMARTS) is 1. The third-order valence-corrected chi connectivity index (χ3v) is 12.8. The van der Waals surface area contributed by atoms with Crippen LogP contribution in [0.2, 0.25) is 0 Å². The fraction of sp³-hybridized carbons (Fsp3) is 0.738. The van der Waals surface area contributed by atoms with E-state index in [4.69, 9.17) is 23.7 Å². The molecule has 418 valence electrons. The summed E-state index contributed by atoms with van der Waals surface area (Å²) < 4.78 is 28.3. The molecule has 3 N–H and O–H groups in total. The SMILES string of the molecule is CC/C=C\C/C=C\C/C=C\C/C=C\C/C=C\CC(=O)OCC(COC1OC(C(=O)O)C(O)C(O)C1OC(=O)CCCCCCC/C=C\CCCCCC)OC(=O)CCCCCCCCCCCCCCCCC. The van der Waals surface area contributed by atoms with Crippen molar-refractivity contribution in [2.45, 2.75) is 276 Å². The van der Waals surface area contributed by atoms with Gasteiger partial charge in [-0.2, -0.15) is 0 Å². The molecular weight excluding hydrogens is 925 g/mol. The number of carboxylic acids is 1.